The van der Waals surface area contributed by atoms with Crippen molar-refractivity contribution < 1.29 is 8.94 Å². The minimum absolute atomic E-state index is 0.320. The van der Waals surface area contributed by atoms with E-state index in [9.17, 15) is 0 Å². The smallest absolute Gasteiger partial charge is 0.280 e. The van der Waals surface area contributed by atoms with E-state index in [1.165, 1.54) is 0 Å². The van der Waals surface area contributed by atoms with Crippen molar-refractivity contribution >= 4 is 16.7 Å². The van der Waals surface area contributed by atoms with Gasteiger partial charge in [0.1, 0.15) is 11.6 Å². The van der Waals surface area contributed by atoms with Crippen molar-refractivity contribution in [2.45, 2.75) is 6.92 Å². The summed E-state index contributed by atoms with van der Waals surface area (Å²) in [5.74, 6) is 2.76. The molecule has 2 aromatic carbocycles. The normalized spacial score (nSPS) is 11.2. The molecule has 0 bridgehead atoms. The van der Waals surface area contributed by atoms with Gasteiger partial charge in [0, 0.05) is 30.6 Å². The molecule has 7 heteroatoms. The van der Waals surface area contributed by atoms with E-state index < -0.39 is 0 Å². The summed E-state index contributed by atoms with van der Waals surface area (Å²) in [5, 5.41) is 5.18. The van der Waals surface area contributed by atoms with Crippen LogP contribution in [-0.4, -0.2) is 34.2 Å². The molecule has 0 aliphatic rings. The van der Waals surface area contributed by atoms with Crippen LogP contribution < -0.4 is 4.90 Å². The molecule has 0 atom stereocenters. The first kappa shape index (κ1) is 18.1. The quantitative estimate of drug-likeness (QED) is 0.423. The van der Waals surface area contributed by atoms with Crippen molar-refractivity contribution in [1.29, 1.82) is 0 Å². The number of para-hydroxylation sites is 1. The summed E-state index contributed by atoms with van der Waals surface area (Å²) >= 11 is 0. The number of aryl methyl sites for hydroxylation is 1. The Morgan fingerprint density at radius 2 is 1.60 bits per heavy atom. The molecule has 0 spiro atoms. The van der Waals surface area contributed by atoms with Gasteiger partial charge in [-0.15, -0.1) is 0 Å². The number of pyridine rings is 1. The Labute approximate surface area is 173 Å². The molecule has 0 fully saturated rings. The Kier molecular flexibility index (Phi) is 4.28. The van der Waals surface area contributed by atoms with Gasteiger partial charge in [-0.25, -0.2) is 9.97 Å². The molecule has 30 heavy (non-hydrogen) atoms. The zero-order valence-corrected chi connectivity index (χ0v) is 16.8. The van der Waals surface area contributed by atoms with Gasteiger partial charge in [-0.2, -0.15) is 4.98 Å². The zero-order chi connectivity index (χ0) is 20.7. The predicted molar refractivity (Wildman–Crippen MR) is 115 cm³/mol. The lowest BCUT2D eigenvalue weighted by Gasteiger charge is -2.13. The topological polar surface area (TPSA) is 81.1 Å². The number of rotatable bonds is 4. The van der Waals surface area contributed by atoms with Crippen LogP contribution in [0.15, 0.2) is 69.6 Å². The lowest BCUT2D eigenvalue weighted by atomic mass is 10.1. The summed E-state index contributed by atoms with van der Waals surface area (Å²) in [5.41, 5.74) is 3.15. The van der Waals surface area contributed by atoms with Crippen molar-refractivity contribution in [2.24, 2.45) is 0 Å². The van der Waals surface area contributed by atoms with Crippen LogP contribution in [0.5, 0.6) is 0 Å². The zero-order valence-electron chi connectivity index (χ0n) is 16.8. The van der Waals surface area contributed by atoms with Crippen LogP contribution in [-0.2, 0) is 0 Å². The maximum atomic E-state index is 5.84. The van der Waals surface area contributed by atoms with Crippen LogP contribution >= 0.6 is 0 Å². The molecule has 0 amide bonds. The van der Waals surface area contributed by atoms with Gasteiger partial charge in [0.15, 0.2) is 5.69 Å². The highest BCUT2D eigenvalue weighted by Crippen LogP contribution is 2.32. The third-order valence-corrected chi connectivity index (χ3v) is 4.85. The van der Waals surface area contributed by atoms with Crippen molar-refractivity contribution in [3.05, 3.63) is 66.4 Å². The maximum absolute atomic E-state index is 5.84. The van der Waals surface area contributed by atoms with Crippen LogP contribution in [0.2, 0.25) is 0 Å². The Bertz CT molecular complexity index is 1340. The maximum Gasteiger partial charge on any atom is 0.280 e. The van der Waals surface area contributed by atoms with Gasteiger partial charge in [-0.3, -0.25) is 0 Å². The summed E-state index contributed by atoms with van der Waals surface area (Å²) in [4.78, 5) is 15.8. The van der Waals surface area contributed by atoms with Gasteiger partial charge in [-0.1, -0.05) is 41.6 Å². The lowest BCUT2D eigenvalue weighted by Crippen LogP contribution is -2.10. The molecule has 0 aliphatic heterocycles. The molecular weight excluding hydrogens is 378 g/mol. The number of hydrogen-bond acceptors (Lipinski definition) is 7. The van der Waals surface area contributed by atoms with Gasteiger partial charge in [-0.05, 0) is 31.2 Å². The number of anilines is 1. The number of aromatic nitrogens is 4. The highest BCUT2D eigenvalue weighted by molar-refractivity contribution is 5.94. The summed E-state index contributed by atoms with van der Waals surface area (Å²) in [6.07, 6.45) is 0. The van der Waals surface area contributed by atoms with Crippen LogP contribution in [0.25, 0.3) is 45.3 Å². The highest BCUT2D eigenvalue weighted by Gasteiger charge is 2.21. The van der Waals surface area contributed by atoms with E-state index in [4.69, 9.17) is 8.94 Å². The van der Waals surface area contributed by atoms with Crippen molar-refractivity contribution in [1.82, 2.24) is 20.1 Å². The first-order valence-corrected chi connectivity index (χ1v) is 9.54. The molecule has 7 nitrogen and oxygen atoms in total. The minimum Gasteiger partial charge on any atom is -0.441 e. The third-order valence-electron chi connectivity index (χ3n) is 4.85. The summed E-state index contributed by atoms with van der Waals surface area (Å²) in [6.45, 7) is 1.84. The lowest BCUT2D eigenvalue weighted by molar-refractivity contribution is 0.430. The summed E-state index contributed by atoms with van der Waals surface area (Å²) in [7, 11) is 3.90. The SMILES string of the molecule is Cc1oc(-c2ccccc2)nc1-c1nc(-c2cc(N(C)C)nc3ccccc23)no1. The number of nitrogens with zero attached hydrogens (tertiary/aromatic N) is 5. The fourth-order valence-electron chi connectivity index (χ4n) is 3.30. The van der Waals surface area contributed by atoms with Crippen LogP contribution in [0.3, 0.4) is 0 Å². The Balaban J connectivity index is 1.60. The molecule has 0 aliphatic carbocycles. The van der Waals surface area contributed by atoms with Gasteiger partial charge in [0.2, 0.25) is 11.7 Å². The fourth-order valence-corrected chi connectivity index (χ4v) is 3.30. The average molecular weight is 397 g/mol. The van der Waals surface area contributed by atoms with E-state index in [2.05, 4.69) is 20.1 Å². The molecule has 3 aromatic heterocycles. The molecule has 3 heterocycles. The number of benzene rings is 2. The molecule has 5 aromatic rings. The van der Waals surface area contributed by atoms with Gasteiger partial charge < -0.3 is 13.8 Å². The predicted octanol–water partition coefficient (Wildman–Crippen LogP) is 4.98. The first-order valence-electron chi connectivity index (χ1n) is 9.54. The molecule has 0 radical (unpaired) electrons. The second kappa shape index (κ2) is 7.11. The molecule has 5 rings (SSSR count). The molecule has 0 saturated heterocycles. The number of oxazole rings is 1. The summed E-state index contributed by atoms with van der Waals surface area (Å²) < 4.78 is 11.4. The standard InChI is InChI=1S/C23H19N5O2/c1-14-20(25-22(29-14)15-9-5-4-6-10-15)23-26-21(27-30-23)17-13-19(28(2)3)24-18-12-8-7-11-16(17)18/h4-13H,1-3H3. The Morgan fingerprint density at radius 1 is 0.833 bits per heavy atom. The van der Waals surface area contributed by atoms with Crippen LogP contribution in [0.1, 0.15) is 5.76 Å². The third kappa shape index (κ3) is 3.10. The van der Waals surface area contributed by atoms with E-state index >= 15 is 0 Å². The van der Waals surface area contributed by atoms with Crippen molar-refractivity contribution in [3.63, 3.8) is 0 Å². The largest absolute Gasteiger partial charge is 0.441 e. The van der Waals surface area contributed by atoms with E-state index in [0.29, 0.717) is 29.1 Å². The Morgan fingerprint density at radius 3 is 2.40 bits per heavy atom. The molecule has 0 unspecified atom stereocenters. The van der Waals surface area contributed by atoms with Gasteiger partial charge >= 0.3 is 0 Å². The van der Waals surface area contributed by atoms with Crippen molar-refractivity contribution in [2.75, 3.05) is 19.0 Å². The van der Waals surface area contributed by atoms with E-state index in [1.807, 2.05) is 86.6 Å². The second-order valence-corrected chi connectivity index (χ2v) is 7.15. The number of fused-ring (bicyclic) bond motifs is 1. The monoisotopic (exact) mass is 397 g/mol. The molecule has 148 valence electrons. The summed E-state index contributed by atoms with van der Waals surface area (Å²) in [6, 6.07) is 19.6. The van der Waals surface area contributed by atoms with E-state index in [1.54, 1.807) is 0 Å². The van der Waals surface area contributed by atoms with Crippen molar-refractivity contribution in [3.8, 4) is 34.4 Å². The molecule has 0 N–H and O–H groups in total. The molecular formula is C23H19N5O2. The average Bonchev–Trinajstić information content (AvgIpc) is 3.40. The van der Waals surface area contributed by atoms with Gasteiger partial charge in [0.25, 0.3) is 5.89 Å². The van der Waals surface area contributed by atoms with E-state index in [0.717, 1.165) is 27.8 Å². The van der Waals surface area contributed by atoms with Gasteiger partial charge in [0.05, 0.1) is 5.52 Å². The Hall–Kier alpha value is -4.00. The highest BCUT2D eigenvalue weighted by atomic mass is 16.5. The van der Waals surface area contributed by atoms with E-state index in [-0.39, 0.29) is 0 Å². The minimum atomic E-state index is 0.320. The fraction of sp³-hybridized carbons (Fsp3) is 0.130. The van der Waals surface area contributed by atoms with Crippen LogP contribution in [0, 0.1) is 6.92 Å². The second-order valence-electron chi connectivity index (χ2n) is 7.15. The first-order chi connectivity index (χ1) is 14.6. The molecule has 0 saturated carbocycles. The number of hydrogen-bond donors (Lipinski definition) is 0. The van der Waals surface area contributed by atoms with Crippen LogP contribution in [0.4, 0.5) is 5.82 Å².